The van der Waals surface area contributed by atoms with Gasteiger partial charge in [0, 0.05) is 29.5 Å². The van der Waals surface area contributed by atoms with Gasteiger partial charge in [0.1, 0.15) is 5.75 Å². The number of rotatable bonds is 4. The van der Waals surface area contributed by atoms with Crippen LogP contribution in [-0.2, 0) is 22.5 Å². The highest BCUT2D eigenvalue weighted by Crippen LogP contribution is 2.33. The van der Waals surface area contributed by atoms with Crippen LogP contribution in [0.15, 0.2) is 16.6 Å². The lowest BCUT2D eigenvalue weighted by molar-refractivity contribution is -0.0717. The van der Waals surface area contributed by atoms with Crippen LogP contribution in [0, 0.1) is 0 Å². The first-order valence-corrected chi connectivity index (χ1v) is 7.89. The second-order valence-electron chi connectivity index (χ2n) is 5.39. The van der Waals surface area contributed by atoms with Crippen molar-refractivity contribution in [2.24, 2.45) is 0 Å². The molecule has 0 saturated carbocycles. The van der Waals surface area contributed by atoms with E-state index in [1.807, 2.05) is 0 Å². The molecule has 4 nitrogen and oxygen atoms in total. The summed E-state index contributed by atoms with van der Waals surface area (Å²) in [7, 11) is 0. The highest BCUT2D eigenvalue weighted by Gasteiger charge is 2.20. The van der Waals surface area contributed by atoms with E-state index in [2.05, 4.69) is 40.3 Å². The summed E-state index contributed by atoms with van der Waals surface area (Å²) in [6, 6.07) is 4.20. The molecule has 1 aromatic carbocycles. The summed E-state index contributed by atoms with van der Waals surface area (Å²) in [6.07, 6.45) is 1.38. The van der Waals surface area contributed by atoms with Gasteiger partial charge in [-0.25, -0.2) is 0 Å². The van der Waals surface area contributed by atoms with Gasteiger partial charge in [0.15, 0.2) is 0 Å². The van der Waals surface area contributed by atoms with Gasteiger partial charge in [-0.3, -0.25) is 0 Å². The Labute approximate surface area is 127 Å². The van der Waals surface area contributed by atoms with Crippen LogP contribution in [0.3, 0.4) is 0 Å². The fourth-order valence-corrected chi connectivity index (χ4v) is 3.28. The summed E-state index contributed by atoms with van der Waals surface area (Å²) in [5.41, 5.74) is 2.38. The van der Waals surface area contributed by atoms with Crippen molar-refractivity contribution < 1.29 is 14.2 Å². The molecule has 1 fully saturated rings. The molecule has 1 aromatic rings. The molecule has 0 bridgehead atoms. The van der Waals surface area contributed by atoms with E-state index in [0.717, 1.165) is 41.9 Å². The summed E-state index contributed by atoms with van der Waals surface area (Å²) < 4.78 is 18.4. The number of hydrogen-bond acceptors (Lipinski definition) is 4. The topological polar surface area (TPSA) is 39.7 Å². The summed E-state index contributed by atoms with van der Waals surface area (Å²) in [4.78, 5) is 0. The Morgan fingerprint density at radius 1 is 1.40 bits per heavy atom. The second kappa shape index (κ2) is 6.43. The van der Waals surface area contributed by atoms with Crippen molar-refractivity contribution in [2.45, 2.75) is 32.2 Å². The van der Waals surface area contributed by atoms with Gasteiger partial charge in [-0.05, 0) is 24.6 Å². The van der Waals surface area contributed by atoms with Crippen molar-refractivity contribution in [3.63, 3.8) is 0 Å². The van der Waals surface area contributed by atoms with E-state index in [1.165, 1.54) is 5.56 Å². The van der Waals surface area contributed by atoms with Crippen LogP contribution in [-0.4, -0.2) is 38.5 Å². The van der Waals surface area contributed by atoms with Crippen molar-refractivity contribution in [1.82, 2.24) is 5.32 Å². The summed E-state index contributed by atoms with van der Waals surface area (Å²) in [6.45, 7) is 5.80. The molecule has 2 aliphatic heterocycles. The number of ether oxygens (including phenoxy) is 3. The van der Waals surface area contributed by atoms with Gasteiger partial charge in [-0.1, -0.05) is 15.9 Å². The minimum atomic E-state index is 0.139. The minimum absolute atomic E-state index is 0.139. The predicted molar refractivity (Wildman–Crippen MR) is 80.2 cm³/mol. The Bertz CT molecular complexity index is 480. The lowest BCUT2D eigenvalue weighted by Crippen LogP contribution is -2.45. The number of morpholine rings is 1. The van der Waals surface area contributed by atoms with E-state index in [1.54, 1.807) is 0 Å². The Kier molecular flexibility index (Phi) is 4.61. The van der Waals surface area contributed by atoms with Gasteiger partial charge in [0.25, 0.3) is 0 Å². The first kappa shape index (κ1) is 14.3. The van der Waals surface area contributed by atoms with Crippen molar-refractivity contribution in [1.29, 1.82) is 0 Å². The zero-order valence-corrected chi connectivity index (χ0v) is 13.2. The Morgan fingerprint density at radius 3 is 3.15 bits per heavy atom. The monoisotopic (exact) mass is 341 g/mol. The third-order valence-electron chi connectivity index (χ3n) is 3.62. The Hall–Kier alpha value is -0.620. The van der Waals surface area contributed by atoms with Gasteiger partial charge in [0.2, 0.25) is 0 Å². The third-order valence-corrected chi connectivity index (χ3v) is 4.07. The fourth-order valence-electron chi connectivity index (χ4n) is 2.72. The Morgan fingerprint density at radius 2 is 2.30 bits per heavy atom. The molecule has 3 rings (SSSR count). The molecule has 0 spiro atoms. The molecule has 0 aliphatic carbocycles. The maximum Gasteiger partial charge on any atom is 0.128 e. The lowest BCUT2D eigenvalue weighted by atomic mass is 10.1. The standard InChI is InChI=1S/C15H20BrNO3/c1-10-6-17-7-14(20-10)9-18-8-12-5-13(16)4-11-2-3-19-15(11)12/h4-5,10,14,17H,2-3,6-9H2,1H3. The highest BCUT2D eigenvalue weighted by atomic mass is 79.9. The summed E-state index contributed by atoms with van der Waals surface area (Å²) in [5.74, 6) is 1.00. The van der Waals surface area contributed by atoms with Crippen molar-refractivity contribution >= 4 is 15.9 Å². The van der Waals surface area contributed by atoms with E-state index in [-0.39, 0.29) is 12.2 Å². The van der Waals surface area contributed by atoms with Crippen molar-refractivity contribution in [2.75, 3.05) is 26.3 Å². The van der Waals surface area contributed by atoms with E-state index in [9.17, 15) is 0 Å². The molecular formula is C15H20BrNO3. The number of nitrogens with one attached hydrogen (secondary N) is 1. The zero-order chi connectivity index (χ0) is 13.9. The summed E-state index contributed by atoms with van der Waals surface area (Å²) in [5, 5.41) is 3.35. The molecule has 2 atom stereocenters. The minimum Gasteiger partial charge on any atom is -0.493 e. The summed E-state index contributed by atoms with van der Waals surface area (Å²) >= 11 is 3.55. The molecule has 2 aliphatic rings. The number of halogens is 1. The van der Waals surface area contributed by atoms with Crippen LogP contribution in [0.25, 0.3) is 0 Å². The van der Waals surface area contributed by atoms with Crippen LogP contribution >= 0.6 is 15.9 Å². The molecule has 1 N–H and O–H groups in total. The van der Waals surface area contributed by atoms with Crippen LogP contribution in [0.2, 0.25) is 0 Å². The molecule has 1 saturated heterocycles. The molecule has 2 heterocycles. The Balaban J connectivity index is 1.56. The van der Waals surface area contributed by atoms with Crippen LogP contribution < -0.4 is 10.1 Å². The van der Waals surface area contributed by atoms with E-state index < -0.39 is 0 Å². The zero-order valence-electron chi connectivity index (χ0n) is 11.7. The predicted octanol–water partition coefficient (Wildman–Crippen LogP) is 2.28. The van der Waals surface area contributed by atoms with Gasteiger partial charge in [-0.2, -0.15) is 0 Å². The molecule has 20 heavy (non-hydrogen) atoms. The van der Waals surface area contributed by atoms with E-state index in [0.29, 0.717) is 13.2 Å². The molecule has 0 aromatic heterocycles. The van der Waals surface area contributed by atoms with E-state index in [4.69, 9.17) is 14.2 Å². The number of hydrogen-bond donors (Lipinski definition) is 1. The third kappa shape index (κ3) is 3.34. The van der Waals surface area contributed by atoms with Crippen molar-refractivity contribution in [3.05, 3.63) is 27.7 Å². The largest absolute Gasteiger partial charge is 0.493 e. The fraction of sp³-hybridized carbons (Fsp3) is 0.600. The maximum absolute atomic E-state index is 5.82. The van der Waals surface area contributed by atoms with Gasteiger partial charge < -0.3 is 19.5 Å². The van der Waals surface area contributed by atoms with Gasteiger partial charge >= 0.3 is 0 Å². The maximum atomic E-state index is 5.82. The molecule has 2 unspecified atom stereocenters. The lowest BCUT2D eigenvalue weighted by Gasteiger charge is -2.28. The van der Waals surface area contributed by atoms with Gasteiger partial charge in [-0.15, -0.1) is 0 Å². The molecule has 0 radical (unpaired) electrons. The average molecular weight is 342 g/mol. The smallest absolute Gasteiger partial charge is 0.128 e. The average Bonchev–Trinajstić information content (AvgIpc) is 2.87. The first-order valence-electron chi connectivity index (χ1n) is 7.10. The van der Waals surface area contributed by atoms with Gasteiger partial charge in [0.05, 0.1) is 32.0 Å². The highest BCUT2D eigenvalue weighted by molar-refractivity contribution is 9.10. The van der Waals surface area contributed by atoms with Crippen LogP contribution in [0.1, 0.15) is 18.1 Å². The molecule has 110 valence electrons. The second-order valence-corrected chi connectivity index (χ2v) is 6.31. The molecule has 5 heteroatoms. The van der Waals surface area contributed by atoms with Crippen molar-refractivity contribution in [3.8, 4) is 5.75 Å². The molecular weight excluding hydrogens is 322 g/mol. The first-order chi connectivity index (χ1) is 9.72. The normalized spacial score (nSPS) is 25.3. The number of benzene rings is 1. The quantitative estimate of drug-likeness (QED) is 0.911. The molecule has 0 amide bonds. The van der Waals surface area contributed by atoms with Crippen LogP contribution in [0.5, 0.6) is 5.75 Å². The van der Waals surface area contributed by atoms with Crippen LogP contribution in [0.4, 0.5) is 0 Å². The number of fused-ring (bicyclic) bond motifs is 1. The van der Waals surface area contributed by atoms with E-state index >= 15 is 0 Å². The SMILES string of the molecule is CC1CNCC(COCc2cc(Br)cc3c2OCC3)O1.